The summed E-state index contributed by atoms with van der Waals surface area (Å²) < 4.78 is 25.2. The predicted octanol–water partition coefficient (Wildman–Crippen LogP) is 2.55. The van der Waals surface area contributed by atoms with Crippen LogP contribution in [-0.4, -0.2) is 35.2 Å². The summed E-state index contributed by atoms with van der Waals surface area (Å²) in [5.74, 6) is 0.122. The van der Waals surface area contributed by atoms with Crippen molar-refractivity contribution in [2.24, 2.45) is 0 Å². The monoisotopic (exact) mass is 315 g/mol. The van der Waals surface area contributed by atoms with Crippen LogP contribution >= 0.6 is 0 Å². The van der Waals surface area contributed by atoms with Gasteiger partial charge in [0, 0.05) is 17.8 Å². The van der Waals surface area contributed by atoms with Gasteiger partial charge in [0.25, 0.3) is 0 Å². The molecule has 1 rings (SSSR count). The second-order valence-corrected chi connectivity index (χ2v) is 9.25. The van der Waals surface area contributed by atoms with Crippen molar-refractivity contribution in [1.29, 1.82) is 0 Å². The average Bonchev–Trinajstić information content (AvgIpc) is 2.85. The molecule has 0 fully saturated rings. The Kier molecular flexibility index (Phi) is 6.41. The third kappa shape index (κ3) is 5.11. The molecule has 0 spiro atoms. The maximum absolute atomic E-state index is 12.1. The number of hydrogen-bond donors (Lipinski definition) is 1. The molecule has 1 aromatic heterocycles. The van der Waals surface area contributed by atoms with E-state index in [1.807, 2.05) is 12.4 Å². The van der Waals surface area contributed by atoms with Gasteiger partial charge in [-0.1, -0.05) is 13.8 Å². The van der Waals surface area contributed by atoms with Crippen LogP contribution in [0.2, 0.25) is 0 Å². The number of nitrogens with zero attached hydrogens (tertiary/aromatic N) is 2. The molecule has 0 saturated heterocycles. The summed E-state index contributed by atoms with van der Waals surface area (Å²) >= 11 is 0. The smallest absolute Gasteiger partial charge is 0.157 e. The van der Waals surface area contributed by atoms with E-state index in [0.717, 1.165) is 24.9 Å². The molecule has 1 aromatic rings. The standard InChI is InChI=1S/C15H29N3O2S/c1-6-8-16-14(7-2)13-11-17-18(12-13)9-10-21(19,20)15(3,4)5/h11-12,14,16H,6-10H2,1-5H3. The molecule has 0 bridgehead atoms. The van der Waals surface area contributed by atoms with Crippen LogP contribution in [-0.2, 0) is 16.4 Å². The summed E-state index contributed by atoms with van der Waals surface area (Å²) in [7, 11) is -3.10. The third-order valence-corrected chi connectivity index (χ3v) is 6.21. The number of rotatable bonds is 8. The fourth-order valence-corrected chi connectivity index (χ4v) is 3.06. The minimum atomic E-state index is -3.10. The van der Waals surface area contributed by atoms with Gasteiger partial charge in [0.2, 0.25) is 0 Å². The Bertz CT molecular complexity index is 529. The number of nitrogens with one attached hydrogen (secondary N) is 1. The van der Waals surface area contributed by atoms with Crippen LogP contribution in [0.15, 0.2) is 12.4 Å². The quantitative estimate of drug-likeness (QED) is 0.801. The second-order valence-electron chi connectivity index (χ2n) is 6.38. The summed E-state index contributed by atoms with van der Waals surface area (Å²) in [4.78, 5) is 0. The fraction of sp³-hybridized carbons (Fsp3) is 0.800. The Hall–Kier alpha value is -0.880. The second kappa shape index (κ2) is 7.40. The van der Waals surface area contributed by atoms with E-state index < -0.39 is 14.6 Å². The molecule has 122 valence electrons. The maximum atomic E-state index is 12.1. The SMILES string of the molecule is CCCNC(CC)c1cnn(CCS(=O)(=O)C(C)(C)C)c1. The van der Waals surface area contributed by atoms with E-state index in [1.54, 1.807) is 25.5 Å². The summed E-state index contributed by atoms with van der Waals surface area (Å²) in [5, 5.41) is 7.76. The minimum Gasteiger partial charge on any atom is -0.310 e. The van der Waals surface area contributed by atoms with Gasteiger partial charge in [-0.15, -0.1) is 0 Å². The van der Waals surface area contributed by atoms with Crippen LogP contribution in [0.1, 0.15) is 59.1 Å². The van der Waals surface area contributed by atoms with E-state index in [2.05, 4.69) is 24.3 Å². The van der Waals surface area contributed by atoms with Crippen molar-refractivity contribution >= 4 is 9.84 Å². The third-order valence-electron chi connectivity index (χ3n) is 3.63. The average molecular weight is 315 g/mol. The lowest BCUT2D eigenvalue weighted by Crippen LogP contribution is -2.32. The molecule has 21 heavy (non-hydrogen) atoms. The molecule has 1 atom stereocenters. The summed E-state index contributed by atoms with van der Waals surface area (Å²) in [6.45, 7) is 10.9. The summed E-state index contributed by atoms with van der Waals surface area (Å²) in [6.07, 6.45) is 5.87. The van der Waals surface area contributed by atoms with Crippen molar-refractivity contribution < 1.29 is 8.42 Å². The fourth-order valence-electron chi connectivity index (χ4n) is 2.02. The molecule has 1 N–H and O–H groups in total. The lowest BCUT2D eigenvalue weighted by Gasteiger charge is -2.19. The zero-order valence-corrected chi connectivity index (χ0v) is 14.7. The molecule has 1 heterocycles. The van der Waals surface area contributed by atoms with Crippen LogP contribution < -0.4 is 5.32 Å². The largest absolute Gasteiger partial charge is 0.310 e. The Morgan fingerprint density at radius 1 is 1.33 bits per heavy atom. The molecule has 0 amide bonds. The number of sulfone groups is 1. The highest BCUT2D eigenvalue weighted by molar-refractivity contribution is 7.92. The normalized spacial score (nSPS) is 14.3. The Balaban J connectivity index is 2.68. The van der Waals surface area contributed by atoms with E-state index in [1.165, 1.54) is 0 Å². The zero-order valence-electron chi connectivity index (χ0n) is 13.9. The minimum absolute atomic E-state index is 0.122. The van der Waals surface area contributed by atoms with Crippen LogP contribution in [0, 0.1) is 0 Å². The van der Waals surface area contributed by atoms with E-state index in [4.69, 9.17) is 0 Å². The van der Waals surface area contributed by atoms with Crippen LogP contribution in [0.3, 0.4) is 0 Å². The number of aromatic nitrogens is 2. The molecule has 0 aliphatic heterocycles. The lowest BCUT2D eigenvalue weighted by atomic mass is 10.1. The first kappa shape index (κ1) is 18.2. The lowest BCUT2D eigenvalue weighted by molar-refractivity contribution is 0.517. The van der Waals surface area contributed by atoms with Crippen molar-refractivity contribution in [3.63, 3.8) is 0 Å². The topological polar surface area (TPSA) is 64.0 Å². The predicted molar refractivity (Wildman–Crippen MR) is 87.1 cm³/mol. The van der Waals surface area contributed by atoms with Crippen LogP contribution in [0.4, 0.5) is 0 Å². The van der Waals surface area contributed by atoms with Crippen molar-refractivity contribution in [2.45, 2.75) is 64.8 Å². The highest BCUT2D eigenvalue weighted by Gasteiger charge is 2.28. The number of hydrogen-bond acceptors (Lipinski definition) is 4. The Labute approximate surface area is 129 Å². The van der Waals surface area contributed by atoms with Gasteiger partial charge in [-0.2, -0.15) is 5.10 Å². The maximum Gasteiger partial charge on any atom is 0.157 e. The van der Waals surface area contributed by atoms with Gasteiger partial charge >= 0.3 is 0 Å². The molecule has 0 saturated carbocycles. The molecule has 0 aliphatic carbocycles. The van der Waals surface area contributed by atoms with Gasteiger partial charge in [-0.25, -0.2) is 8.42 Å². The molecule has 6 heteroatoms. The van der Waals surface area contributed by atoms with Gasteiger partial charge < -0.3 is 5.32 Å². The number of aryl methyl sites for hydroxylation is 1. The van der Waals surface area contributed by atoms with E-state index in [0.29, 0.717) is 6.54 Å². The first-order valence-electron chi connectivity index (χ1n) is 7.69. The van der Waals surface area contributed by atoms with Gasteiger partial charge in [0.05, 0.1) is 23.2 Å². The zero-order chi connectivity index (χ0) is 16.1. The molecule has 5 nitrogen and oxygen atoms in total. The van der Waals surface area contributed by atoms with Gasteiger partial charge in [-0.05, 0) is 40.2 Å². The van der Waals surface area contributed by atoms with Crippen LogP contribution in [0.25, 0.3) is 0 Å². The summed E-state index contributed by atoms with van der Waals surface area (Å²) in [5.41, 5.74) is 1.12. The van der Waals surface area contributed by atoms with Crippen molar-refractivity contribution in [3.05, 3.63) is 18.0 Å². The molecule has 1 unspecified atom stereocenters. The van der Waals surface area contributed by atoms with Gasteiger partial charge in [0.1, 0.15) is 0 Å². The van der Waals surface area contributed by atoms with Crippen molar-refractivity contribution in [3.8, 4) is 0 Å². The van der Waals surface area contributed by atoms with Crippen LogP contribution in [0.5, 0.6) is 0 Å². The highest BCUT2D eigenvalue weighted by atomic mass is 32.2. The van der Waals surface area contributed by atoms with Crippen molar-refractivity contribution in [2.75, 3.05) is 12.3 Å². The Morgan fingerprint density at radius 2 is 2.00 bits per heavy atom. The van der Waals surface area contributed by atoms with Gasteiger partial charge in [-0.3, -0.25) is 4.68 Å². The van der Waals surface area contributed by atoms with Crippen molar-refractivity contribution in [1.82, 2.24) is 15.1 Å². The van der Waals surface area contributed by atoms with E-state index >= 15 is 0 Å². The highest BCUT2D eigenvalue weighted by Crippen LogP contribution is 2.18. The van der Waals surface area contributed by atoms with E-state index in [9.17, 15) is 8.42 Å². The first-order valence-corrected chi connectivity index (χ1v) is 9.34. The summed E-state index contributed by atoms with van der Waals surface area (Å²) in [6, 6.07) is 0.290. The molecule has 0 radical (unpaired) electrons. The molecular formula is C15H29N3O2S. The molecule has 0 aliphatic rings. The Morgan fingerprint density at radius 3 is 2.52 bits per heavy atom. The van der Waals surface area contributed by atoms with Gasteiger partial charge in [0.15, 0.2) is 9.84 Å². The molecular weight excluding hydrogens is 286 g/mol. The molecule has 0 aromatic carbocycles. The first-order chi connectivity index (χ1) is 9.71. The van der Waals surface area contributed by atoms with E-state index in [-0.39, 0.29) is 11.8 Å².